The third kappa shape index (κ3) is 5.67. The van der Waals surface area contributed by atoms with Crippen LogP contribution in [0.4, 0.5) is 4.39 Å². The Hall–Kier alpha value is -3.46. The SMILES string of the molecule is CCOC(=O)C1CCN(CC(=O)N2N=C(c3ccc(F)cc3)CC2c2ccc(OC)cc2OC)CC1. The number of carbonyl (C=O) groups excluding carboxylic acids is 2. The van der Waals surface area contributed by atoms with E-state index in [2.05, 4.69) is 5.10 Å². The van der Waals surface area contributed by atoms with Crippen LogP contribution < -0.4 is 9.47 Å². The van der Waals surface area contributed by atoms with Crippen molar-refractivity contribution in [2.45, 2.75) is 32.2 Å². The minimum atomic E-state index is -0.379. The van der Waals surface area contributed by atoms with Crippen LogP contribution in [0, 0.1) is 11.7 Å². The zero-order valence-corrected chi connectivity index (χ0v) is 20.9. The number of carbonyl (C=O) groups is 2. The molecule has 2 aromatic carbocycles. The average Bonchev–Trinajstić information content (AvgIpc) is 3.34. The zero-order chi connectivity index (χ0) is 25.7. The lowest BCUT2D eigenvalue weighted by molar-refractivity contribution is -0.149. The van der Waals surface area contributed by atoms with Crippen LogP contribution in [-0.4, -0.2) is 68.0 Å². The van der Waals surface area contributed by atoms with Gasteiger partial charge in [0.1, 0.15) is 17.3 Å². The molecule has 2 aromatic rings. The smallest absolute Gasteiger partial charge is 0.309 e. The minimum Gasteiger partial charge on any atom is -0.497 e. The molecule has 0 saturated carbocycles. The number of esters is 1. The minimum absolute atomic E-state index is 0.123. The number of nitrogens with zero attached hydrogens (tertiary/aromatic N) is 3. The highest BCUT2D eigenvalue weighted by Gasteiger charge is 2.36. The molecule has 1 fully saturated rings. The summed E-state index contributed by atoms with van der Waals surface area (Å²) in [6, 6.07) is 11.2. The number of methoxy groups -OCH3 is 2. The van der Waals surface area contributed by atoms with Gasteiger partial charge in [-0.2, -0.15) is 5.10 Å². The first-order valence-electron chi connectivity index (χ1n) is 12.2. The fourth-order valence-electron chi connectivity index (χ4n) is 4.74. The molecule has 2 aliphatic rings. The predicted octanol–water partition coefficient (Wildman–Crippen LogP) is 3.80. The predicted molar refractivity (Wildman–Crippen MR) is 132 cm³/mol. The largest absolute Gasteiger partial charge is 0.497 e. The molecule has 9 heteroatoms. The number of rotatable bonds is 8. The van der Waals surface area contributed by atoms with E-state index in [0.717, 1.165) is 11.1 Å². The van der Waals surface area contributed by atoms with Gasteiger partial charge in [-0.05, 0) is 62.7 Å². The Morgan fingerprint density at radius 3 is 2.42 bits per heavy atom. The lowest BCUT2D eigenvalue weighted by Gasteiger charge is -2.32. The molecule has 1 saturated heterocycles. The van der Waals surface area contributed by atoms with Crippen molar-refractivity contribution in [3.8, 4) is 11.5 Å². The first-order chi connectivity index (χ1) is 17.4. The Bertz CT molecular complexity index is 1110. The summed E-state index contributed by atoms with van der Waals surface area (Å²) in [6.45, 7) is 3.63. The van der Waals surface area contributed by atoms with E-state index in [4.69, 9.17) is 14.2 Å². The number of hydrogen-bond donors (Lipinski definition) is 0. The third-order valence-electron chi connectivity index (χ3n) is 6.71. The van der Waals surface area contributed by atoms with Gasteiger partial charge in [0.25, 0.3) is 5.91 Å². The molecule has 1 unspecified atom stereocenters. The standard InChI is InChI=1S/C27H32FN3O5/c1-4-36-27(33)19-11-13-30(14-12-19)17-26(32)31-24(22-10-9-21(34-2)15-25(22)35-3)16-23(29-31)18-5-7-20(28)8-6-18/h5-10,15,19,24H,4,11-14,16-17H2,1-3H3. The molecular weight excluding hydrogens is 465 g/mol. The number of likely N-dealkylation sites (tertiary alicyclic amines) is 1. The van der Waals surface area contributed by atoms with Crippen molar-refractivity contribution < 1.29 is 28.2 Å². The molecule has 2 aliphatic heterocycles. The lowest BCUT2D eigenvalue weighted by Crippen LogP contribution is -2.43. The van der Waals surface area contributed by atoms with Crippen LogP contribution in [0.2, 0.25) is 0 Å². The molecule has 0 aromatic heterocycles. The number of ether oxygens (including phenoxy) is 3. The Balaban J connectivity index is 1.54. The van der Waals surface area contributed by atoms with Crippen molar-refractivity contribution in [2.75, 3.05) is 40.5 Å². The summed E-state index contributed by atoms with van der Waals surface area (Å²) in [5, 5.41) is 6.20. The van der Waals surface area contributed by atoms with Gasteiger partial charge >= 0.3 is 5.97 Å². The summed E-state index contributed by atoms with van der Waals surface area (Å²) in [5.74, 6) is 0.485. The highest BCUT2D eigenvalue weighted by molar-refractivity contribution is 6.03. The highest BCUT2D eigenvalue weighted by atomic mass is 19.1. The van der Waals surface area contributed by atoms with Crippen molar-refractivity contribution in [2.24, 2.45) is 11.0 Å². The molecule has 1 amide bonds. The van der Waals surface area contributed by atoms with E-state index >= 15 is 0 Å². The molecule has 0 bridgehead atoms. The quantitative estimate of drug-likeness (QED) is 0.516. The molecular formula is C27H32FN3O5. The lowest BCUT2D eigenvalue weighted by atomic mass is 9.96. The summed E-state index contributed by atoms with van der Waals surface area (Å²) in [7, 11) is 3.16. The number of hydrazone groups is 1. The second-order valence-electron chi connectivity index (χ2n) is 8.92. The molecule has 0 spiro atoms. The van der Waals surface area contributed by atoms with Crippen LogP contribution in [-0.2, 0) is 14.3 Å². The summed E-state index contributed by atoms with van der Waals surface area (Å²) in [4.78, 5) is 27.6. The Kier molecular flexibility index (Phi) is 8.20. The third-order valence-corrected chi connectivity index (χ3v) is 6.71. The number of amides is 1. The molecule has 4 rings (SSSR count). The first kappa shape index (κ1) is 25.6. The van der Waals surface area contributed by atoms with Gasteiger partial charge in [0.15, 0.2) is 0 Å². The van der Waals surface area contributed by atoms with Crippen molar-refractivity contribution in [3.05, 3.63) is 59.4 Å². The Labute approximate surface area is 210 Å². The van der Waals surface area contributed by atoms with Gasteiger partial charge in [-0.25, -0.2) is 9.40 Å². The summed E-state index contributed by atoms with van der Waals surface area (Å²) in [5.41, 5.74) is 2.28. The van der Waals surface area contributed by atoms with E-state index in [1.807, 2.05) is 17.0 Å². The Morgan fingerprint density at radius 1 is 1.06 bits per heavy atom. The molecule has 36 heavy (non-hydrogen) atoms. The molecule has 8 nitrogen and oxygen atoms in total. The van der Waals surface area contributed by atoms with Gasteiger partial charge in [-0.15, -0.1) is 0 Å². The van der Waals surface area contributed by atoms with Crippen molar-refractivity contribution >= 4 is 17.6 Å². The van der Waals surface area contributed by atoms with Crippen LogP contribution in [0.25, 0.3) is 0 Å². The molecule has 192 valence electrons. The molecule has 0 N–H and O–H groups in total. The fourth-order valence-corrected chi connectivity index (χ4v) is 4.74. The molecule has 0 aliphatic carbocycles. The van der Waals surface area contributed by atoms with Crippen LogP contribution in [0.15, 0.2) is 47.6 Å². The molecule has 2 heterocycles. The number of piperidine rings is 1. The molecule has 1 atom stereocenters. The summed E-state index contributed by atoms with van der Waals surface area (Å²) in [6.07, 6.45) is 1.78. The van der Waals surface area contributed by atoms with Gasteiger partial charge in [-0.1, -0.05) is 12.1 Å². The van der Waals surface area contributed by atoms with E-state index in [1.165, 1.54) is 17.1 Å². The molecule has 0 radical (unpaired) electrons. The van der Waals surface area contributed by atoms with Gasteiger partial charge in [-0.3, -0.25) is 14.5 Å². The maximum absolute atomic E-state index is 13.5. The highest BCUT2D eigenvalue weighted by Crippen LogP contribution is 2.39. The second kappa shape index (κ2) is 11.5. The summed E-state index contributed by atoms with van der Waals surface area (Å²) >= 11 is 0. The van der Waals surface area contributed by atoms with Gasteiger partial charge in [0.2, 0.25) is 0 Å². The summed E-state index contributed by atoms with van der Waals surface area (Å²) < 4.78 is 29.6. The van der Waals surface area contributed by atoms with E-state index < -0.39 is 0 Å². The zero-order valence-electron chi connectivity index (χ0n) is 20.9. The number of hydrogen-bond acceptors (Lipinski definition) is 7. The first-order valence-corrected chi connectivity index (χ1v) is 12.2. The topological polar surface area (TPSA) is 80.7 Å². The van der Waals surface area contributed by atoms with Crippen molar-refractivity contribution in [1.82, 2.24) is 9.91 Å². The van der Waals surface area contributed by atoms with Gasteiger partial charge in [0.05, 0.1) is 45.0 Å². The van der Waals surface area contributed by atoms with E-state index in [1.54, 1.807) is 39.3 Å². The average molecular weight is 498 g/mol. The van der Waals surface area contributed by atoms with Crippen LogP contribution in [0.5, 0.6) is 11.5 Å². The monoisotopic (exact) mass is 497 g/mol. The van der Waals surface area contributed by atoms with E-state index in [0.29, 0.717) is 56.2 Å². The van der Waals surface area contributed by atoms with Crippen LogP contribution in [0.3, 0.4) is 0 Å². The van der Waals surface area contributed by atoms with Crippen molar-refractivity contribution in [1.29, 1.82) is 0 Å². The van der Waals surface area contributed by atoms with Gasteiger partial charge in [0, 0.05) is 18.1 Å². The number of benzene rings is 2. The van der Waals surface area contributed by atoms with Gasteiger partial charge < -0.3 is 14.2 Å². The second-order valence-corrected chi connectivity index (χ2v) is 8.92. The fraction of sp³-hybridized carbons (Fsp3) is 0.444. The van der Waals surface area contributed by atoms with Crippen LogP contribution in [0.1, 0.15) is 43.4 Å². The van der Waals surface area contributed by atoms with Crippen molar-refractivity contribution in [3.63, 3.8) is 0 Å². The van der Waals surface area contributed by atoms with Crippen LogP contribution >= 0.6 is 0 Å². The van der Waals surface area contributed by atoms with E-state index in [9.17, 15) is 14.0 Å². The van der Waals surface area contributed by atoms with E-state index in [-0.39, 0.29) is 36.2 Å². The maximum Gasteiger partial charge on any atom is 0.309 e. The normalized spacial score (nSPS) is 18.6. The number of halogens is 1. The Morgan fingerprint density at radius 2 is 1.78 bits per heavy atom. The maximum atomic E-state index is 13.5.